The maximum atomic E-state index is 12.0. The molecule has 5 nitrogen and oxygen atoms in total. The second-order valence-electron chi connectivity index (χ2n) is 6.50. The van der Waals surface area contributed by atoms with Crippen LogP contribution in [-0.2, 0) is 4.74 Å². The van der Waals surface area contributed by atoms with Crippen LogP contribution in [0.25, 0.3) is 0 Å². The number of rotatable bonds is 2. The number of hydroxylamine groups is 2. The van der Waals surface area contributed by atoms with Crippen molar-refractivity contribution in [1.82, 2.24) is 5.23 Å². The van der Waals surface area contributed by atoms with Gasteiger partial charge in [0.25, 0.3) is 0 Å². The van der Waals surface area contributed by atoms with Gasteiger partial charge in [-0.05, 0) is 18.6 Å². The molecule has 2 aromatic carbocycles. The molecule has 2 heterocycles. The van der Waals surface area contributed by atoms with E-state index in [1.165, 1.54) is 0 Å². The molecule has 1 fully saturated rings. The molecule has 2 aliphatic heterocycles. The molecule has 23 heavy (non-hydrogen) atoms. The van der Waals surface area contributed by atoms with Gasteiger partial charge in [-0.25, -0.2) is 0 Å². The predicted molar refractivity (Wildman–Crippen MR) is 86.9 cm³/mol. The van der Waals surface area contributed by atoms with Gasteiger partial charge in [-0.1, -0.05) is 48.5 Å². The highest BCUT2D eigenvalue weighted by Gasteiger charge is 2.49. The smallest absolute Gasteiger partial charge is 0.137 e. The van der Waals surface area contributed by atoms with E-state index in [2.05, 4.69) is 5.32 Å². The third kappa shape index (κ3) is 2.42. The first-order valence-corrected chi connectivity index (χ1v) is 7.82. The van der Waals surface area contributed by atoms with E-state index in [1.807, 2.05) is 61.5 Å². The van der Waals surface area contributed by atoms with Crippen molar-refractivity contribution in [1.29, 1.82) is 0 Å². The molecule has 2 aliphatic rings. The van der Waals surface area contributed by atoms with Gasteiger partial charge in [0.1, 0.15) is 11.8 Å². The molecule has 0 aliphatic carbocycles. The number of ether oxygens (including phenoxy) is 1. The summed E-state index contributed by atoms with van der Waals surface area (Å²) in [5.74, 6) is -0.122. The fourth-order valence-electron chi connectivity index (χ4n) is 3.91. The van der Waals surface area contributed by atoms with Crippen LogP contribution in [0.3, 0.4) is 0 Å². The van der Waals surface area contributed by atoms with Crippen LogP contribution in [0.4, 0.5) is 5.69 Å². The van der Waals surface area contributed by atoms with Crippen molar-refractivity contribution in [2.75, 3.05) is 5.32 Å². The second-order valence-corrected chi connectivity index (χ2v) is 6.50. The van der Waals surface area contributed by atoms with Crippen molar-refractivity contribution >= 4 is 5.69 Å². The summed E-state index contributed by atoms with van der Waals surface area (Å²) in [5.41, 5.74) is 2.34. The molecule has 0 saturated carbocycles. The number of hydrogen-bond donors (Lipinski definition) is 2. The fraction of sp³-hybridized carbons (Fsp3) is 0.333. The quantitative estimate of drug-likeness (QED) is 0.829. The summed E-state index contributed by atoms with van der Waals surface area (Å²) in [6.07, 6.45) is 0.130. The average Bonchev–Trinajstić information content (AvgIpc) is 2.54. The molecule has 1 saturated heterocycles. The summed E-state index contributed by atoms with van der Waals surface area (Å²) in [7, 11) is 0. The normalized spacial score (nSPS) is 32.3. The molecular weight excluding hydrogens is 292 g/mol. The van der Waals surface area contributed by atoms with Gasteiger partial charge < -0.3 is 20.5 Å². The molecule has 4 unspecified atom stereocenters. The van der Waals surface area contributed by atoms with Gasteiger partial charge >= 0.3 is 0 Å². The van der Waals surface area contributed by atoms with Crippen molar-refractivity contribution in [2.45, 2.75) is 37.1 Å². The van der Waals surface area contributed by atoms with Gasteiger partial charge in [0.2, 0.25) is 0 Å². The number of nitrogens with one attached hydrogen (secondary N) is 1. The Morgan fingerprint density at radius 2 is 1.87 bits per heavy atom. The summed E-state index contributed by atoms with van der Waals surface area (Å²) >= 11 is 0. The number of para-hydroxylation sites is 1. The Balaban J connectivity index is 1.83. The first-order valence-electron chi connectivity index (χ1n) is 7.82. The van der Waals surface area contributed by atoms with E-state index >= 15 is 0 Å². The summed E-state index contributed by atoms with van der Waals surface area (Å²) < 4.78 is 6.15. The summed E-state index contributed by atoms with van der Waals surface area (Å²) in [4.78, 5) is 0. The van der Waals surface area contributed by atoms with Crippen LogP contribution in [0.1, 0.15) is 36.5 Å². The molecule has 0 amide bonds. The zero-order chi connectivity index (χ0) is 16.0. The number of fused-ring (bicyclic) bond motifs is 4. The van der Waals surface area contributed by atoms with Crippen LogP contribution >= 0.6 is 0 Å². The van der Waals surface area contributed by atoms with Gasteiger partial charge in [0.05, 0.1) is 6.04 Å². The van der Waals surface area contributed by atoms with Crippen molar-refractivity contribution in [3.63, 3.8) is 0 Å². The highest BCUT2D eigenvalue weighted by atomic mass is 16.8. The number of nitrogens with zero attached hydrogens (tertiary/aromatic N) is 1. The minimum Gasteiger partial charge on any atom is -0.762 e. The minimum atomic E-state index is -0.672. The van der Waals surface area contributed by atoms with E-state index < -0.39 is 17.9 Å². The van der Waals surface area contributed by atoms with Crippen LogP contribution in [-0.4, -0.2) is 22.2 Å². The van der Waals surface area contributed by atoms with E-state index in [1.54, 1.807) is 0 Å². The van der Waals surface area contributed by atoms with E-state index in [0.29, 0.717) is 6.42 Å². The van der Waals surface area contributed by atoms with Gasteiger partial charge in [0.15, 0.2) is 0 Å². The molecule has 4 atom stereocenters. The minimum absolute atomic E-state index is 0.0734. The lowest BCUT2D eigenvalue weighted by molar-refractivity contribution is -0.205. The first-order chi connectivity index (χ1) is 11.1. The van der Waals surface area contributed by atoms with E-state index in [4.69, 9.17) is 4.74 Å². The lowest BCUT2D eigenvalue weighted by Gasteiger charge is -2.54. The van der Waals surface area contributed by atoms with Gasteiger partial charge in [-0.2, -0.15) is 0 Å². The van der Waals surface area contributed by atoms with Crippen LogP contribution in [0.2, 0.25) is 0 Å². The summed E-state index contributed by atoms with van der Waals surface area (Å²) in [6.45, 7) is 1.99. The van der Waals surface area contributed by atoms with Gasteiger partial charge in [-0.3, -0.25) is 5.23 Å². The van der Waals surface area contributed by atoms with E-state index in [0.717, 1.165) is 16.8 Å². The zero-order valence-electron chi connectivity index (χ0n) is 12.8. The molecule has 0 aromatic heterocycles. The Kier molecular flexibility index (Phi) is 3.39. The lowest BCUT2D eigenvalue weighted by Crippen LogP contribution is -2.56. The van der Waals surface area contributed by atoms with Crippen molar-refractivity contribution in [2.24, 2.45) is 0 Å². The summed E-state index contributed by atoms with van der Waals surface area (Å²) in [5, 5.41) is 25.3. The average molecular weight is 311 g/mol. The standard InChI is InChI=1S/C18H19N2O3/c1-18-11-14(12-7-3-2-4-8-12)16(20(21)22)17(23-18)13-9-5-6-10-15(13)19-18/h2-10,14,16-17,19,21H,11H2,1H3/q-1. The largest absolute Gasteiger partial charge is 0.762 e. The lowest BCUT2D eigenvalue weighted by atomic mass is 9.76. The first kappa shape index (κ1) is 14.7. The van der Waals surface area contributed by atoms with Crippen molar-refractivity contribution in [3.05, 3.63) is 70.9 Å². The highest BCUT2D eigenvalue weighted by Crippen LogP contribution is 2.51. The SMILES string of the molecule is CC12CC(c3ccccc3)C(N([O-])O)C(O1)c1ccccc1N2. The molecule has 120 valence electrons. The second kappa shape index (κ2) is 5.32. The molecule has 2 aromatic rings. The molecule has 0 radical (unpaired) electrons. The van der Waals surface area contributed by atoms with Crippen molar-refractivity contribution in [3.8, 4) is 0 Å². The fourth-order valence-corrected chi connectivity index (χ4v) is 3.91. The number of benzene rings is 2. The van der Waals surface area contributed by atoms with Gasteiger partial charge in [0, 0.05) is 23.6 Å². The summed E-state index contributed by atoms with van der Waals surface area (Å²) in [6, 6.07) is 17.0. The Morgan fingerprint density at radius 3 is 2.61 bits per heavy atom. The monoisotopic (exact) mass is 311 g/mol. The zero-order valence-corrected chi connectivity index (χ0v) is 12.8. The number of anilines is 1. The maximum Gasteiger partial charge on any atom is 0.137 e. The molecule has 0 spiro atoms. The Labute approximate surface area is 135 Å². The topological polar surface area (TPSA) is 67.8 Å². The Bertz CT molecular complexity index is 706. The molecule has 2 bridgehead atoms. The van der Waals surface area contributed by atoms with E-state index in [-0.39, 0.29) is 11.1 Å². The number of hydrogen-bond acceptors (Lipinski definition) is 5. The molecule has 2 N–H and O–H groups in total. The third-order valence-electron chi connectivity index (χ3n) is 4.87. The Morgan fingerprint density at radius 1 is 1.17 bits per heavy atom. The highest BCUT2D eigenvalue weighted by molar-refractivity contribution is 5.56. The maximum absolute atomic E-state index is 12.0. The third-order valence-corrected chi connectivity index (χ3v) is 4.87. The van der Waals surface area contributed by atoms with Crippen LogP contribution in [0.15, 0.2) is 54.6 Å². The molecule has 5 heteroatoms. The van der Waals surface area contributed by atoms with Crippen LogP contribution in [0, 0.1) is 5.21 Å². The van der Waals surface area contributed by atoms with Gasteiger partial charge in [-0.15, -0.1) is 0 Å². The Hall–Kier alpha value is -1.92. The van der Waals surface area contributed by atoms with Crippen LogP contribution < -0.4 is 5.32 Å². The predicted octanol–water partition coefficient (Wildman–Crippen LogP) is 3.63. The van der Waals surface area contributed by atoms with Crippen molar-refractivity contribution < 1.29 is 9.94 Å². The molecular formula is C18H19N2O3-. The molecule has 4 rings (SSSR count). The van der Waals surface area contributed by atoms with E-state index in [9.17, 15) is 10.4 Å². The van der Waals surface area contributed by atoms with Crippen LogP contribution in [0.5, 0.6) is 0 Å².